The van der Waals surface area contributed by atoms with Crippen LogP contribution in [0.1, 0.15) is 68.1 Å². The highest BCUT2D eigenvalue weighted by Crippen LogP contribution is 2.58. The molecule has 27 heavy (non-hydrogen) atoms. The standard InChI is InChI=1S/C22H29N3O2/c1-13-6-17(13)19(26)24-21-8-15-7-16(9-21)11-22(10-15,12-21)25-20(27)18-5-3-4-14(2)23-18/h3-5,13,15-17H,6-12H2,1-2H3,(H,24,26)(H,25,27). The Kier molecular flexibility index (Phi) is 3.69. The van der Waals surface area contributed by atoms with Gasteiger partial charge in [0.1, 0.15) is 5.69 Å². The van der Waals surface area contributed by atoms with E-state index in [4.69, 9.17) is 0 Å². The molecule has 2 amide bonds. The van der Waals surface area contributed by atoms with E-state index in [9.17, 15) is 9.59 Å². The van der Waals surface area contributed by atoms with Crippen molar-refractivity contribution in [2.24, 2.45) is 23.7 Å². The lowest BCUT2D eigenvalue weighted by molar-refractivity contribution is -0.129. The minimum atomic E-state index is -0.185. The van der Waals surface area contributed by atoms with Gasteiger partial charge in [0, 0.05) is 22.7 Å². The number of hydrogen-bond acceptors (Lipinski definition) is 3. The first-order chi connectivity index (χ1) is 12.9. The molecule has 0 saturated heterocycles. The molecule has 0 aliphatic heterocycles. The average molecular weight is 367 g/mol. The van der Waals surface area contributed by atoms with E-state index in [-0.39, 0.29) is 28.8 Å². The highest BCUT2D eigenvalue weighted by molar-refractivity contribution is 5.93. The summed E-state index contributed by atoms with van der Waals surface area (Å²) in [5, 5.41) is 6.82. The molecule has 5 saturated carbocycles. The van der Waals surface area contributed by atoms with Gasteiger partial charge in [0.2, 0.25) is 5.91 Å². The van der Waals surface area contributed by atoms with Gasteiger partial charge in [-0.3, -0.25) is 9.59 Å². The fraction of sp³-hybridized carbons (Fsp3) is 0.682. The maximum Gasteiger partial charge on any atom is 0.270 e. The zero-order chi connectivity index (χ0) is 18.8. The molecule has 5 fully saturated rings. The Morgan fingerprint density at radius 3 is 2.26 bits per heavy atom. The average Bonchev–Trinajstić information content (AvgIpc) is 3.30. The van der Waals surface area contributed by atoms with Crippen LogP contribution in [-0.2, 0) is 4.79 Å². The highest BCUT2D eigenvalue weighted by Gasteiger charge is 2.59. The van der Waals surface area contributed by atoms with Gasteiger partial charge < -0.3 is 10.6 Å². The van der Waals surface area contributed by atoms with Gasteiger partial charge in [0.15, 0.2) is 0 Å². The molecule has 144 valence electrons. The van der Waals surface area contributed by atoms with E-state index in [0.29, 0.717) is 23.4 Å². The van der Waals surface area contributed by atoms with Crippen LogP contribution in [0.5, 0.6) is 0 Å². The molecule has 5 aliphatic rings. The molecular weight excluding hydrogens is 338 g/mol. The summed E-state index contributed by atoms with van der Waals surface area (Å²) in [6.45, 7) is 4.06. The van der Waals surface area contributed by atoms with Gasteiger partial charge in [-0.1, -0.05) is 13.0 Å². The van der Waals surface area contributed by atoms with Crippen LogP contribution in [0.4, 0.5) is 0 Å². The second-order valence-corrected chi connectivity index (χ2v) is 9.95. The molecule has 0 radical (unpaired) electrons. The molecule has 4 unspecified atom stereocenters. The van der Waals surface area contributed by atoms with Crippen molar-refractivity contribution in [3.63, 3.8) is 0 Å². The van der Waals surface area contributed by atoms with Crippen LogP contribution in [0.2, 0.25) is 0 Å². The van der Waals surface area contributed by atoms with Gasteiger partial charge in [0.05, 0.1) is 0 Å². The third-order valence-electron chi connectivity index (χ3n) is 7.40. The highest BCUT2D eigenvalue weighted by atomic mass is 16.2. The van der Waals surface area contributed by atoms with Gasteiger partial charge >= 0.3 is 0 Å². The molecule has 1 aromatic heterocycles. The lowest BCUT2D eigenvalue weighted by Crippen LogP contribution is -2.70. The van der Waals surface area contributed by atoms with Crippen LogP contribution in [0.15, 0.2) is 18.2 Å². The molecule has 0 spiro atoms. The van der Waals surface area contributed by atoms with Gasteiger partial charge in [-0.15, -0.1) is 0 Å². The minimum Gasteiger partial charge on any atom is -0.350 e. The Balaban J connectivity index is 1.36. The van der Waals surface area contributed by atoms with Crippen LogP contribution in [0, 0.1) is 30.6 Å². The van der Waals surface area contributed by atoms with Gasteiger partial charge in [-0.2, -0.15) is 0 Å². The molecule has 0 aromatic carbocycles. The van der Waals surface area contributed by atoms with Crippen molar-refractivity contribution in [1.29, 1.82) is 0 Å². The fourth-order valence-electron chi connectivity index (χ4n) is 6.57. The summed E-state index contributed by atoms with van der Waals surface area (Å²) < 4.78 is 0. The van der Waals surface area contributed by atoms with Crippen LogP contribution in [-0.4, -0.2) is 27.9 Å². The number of nitrogens with zero attached hydrogens (tertiary/aromatic N) is 1. The first-order valence-electron chi connectivity index (χ1n) is 10.4. The molecular formula is C22H29N3O2. The Labute approximate surface area is 160 Å². The third-order valence-corrected chi connectivity index (χ3v) is 7.40. The number of aryl methyl sites for hydroxylation is 1. The summed E-state index contributed by atoms with van der Waals surface area (Å²) in [4.78, 5) is 30.0. The van der Waals surface area contributed by atoms with Crippen molar-refractivity contribution in [2.45, 2.75) is 69.9 Å². The summed E-state index contributed by atoms with van der Waals surface area (Å²) in [5.74, 6) is 2.12. The monoisotopic (exact) mass is 367 g/mol. The van der Waals surface area contributed by atoms with Crippen LogP contribution < -0.4 is 10.6 Å². The lowest BCUT2D eigenvalue weighted by atomic mass is 9.49. The van der Waals surface area contributed by atoms with E-state index in [1.54, 1.807) is 6.07 Å². The SMILES string of the molecule is Cc1cccc(C(=O)NC23CC4CC(C2)CC(NC(=O)C2CC2C)(C4)C3)n1. The molecule has 4 bridgehead atoms. The van der Waals surface area contributed by atoms with Crippen LogP contribution in [0.3, 0.4) is 0 Å². The molecule has 4 atom stereocenters. The number of pyridine rings is 1. The predicted molar refractivity (Wildman–Crippen MR) is 102 cm³/mol. The second-order valence-electron chi connectivity index (χ2n) is 9.95. The smallest absolute Gasteiger partial charge is 0.270 e. The molecule has 5 nitrogen and oxygen atoms in total. The van der Waals surface area contributed by atoms with Crippen molar-refractivity contribution in [3.8, 4) is 0 Å². The molecule has 1 aromatic rings. The van der Waals surface area contributed by atoms with E-state index in [1.807, 2.05) is 19.1 Å². The predicted octanol–water partition coefficient (Wildman–Crippen LogP) is 2.98. The largest absolute Gasteiger partial charge is 0.350 e. The summed E-state index contributed by atoms with van der Waals surface area (Å²) in [5.41, 5.74) is 1.05. The number of amides is 2. The third kappa shape index (κ3) is 3.05. The number of carbonyl (C=O) groups is 2. The van der Waals surface area contributed by atoms with Crippen LogP contribution >= 0.6 is 0 Å². The van der Waals surface area contributed by atoms with Crippen molar-refractivity contribution < 1.29 is 9.59 Å². The maximum absolute atomic E-state index is 12.9. The van der Waals surface area contributed by atoms with Crippen LogP contribution in [0.25, 0.3) is 0 Å². The van der Waals surface area contributed by atoms with Crippen molar-refractivity contribution in [2.75, 3.05) is 0 Å². The number of aromatic nitrogens is 1. The van der Waals surface area contributed by atoms with E-state index < -0.39 is 0 Å². The molecule has 5 heteroatoms. The molecule has 1 heterocycles. The fourth-order valence-corrected chi connectivity index (χ4v) is 6.57. The summed E-state index contributed by atoms with van der Waals surface area (Å²) in [6, 6.07) is 5.58. The van der Waals surface area contributed by atoms with E-state index in [0.717, 1.165) is 44.2 Å². The van der Waals surface area contributed by atoms with Crippen molar-refractivity contribution in [1.82, 2.24) is 15.6 Å². The van der Waals surface area contributed by atoms with Gasteiger partial charge in [-0.25, -0.2) is 4.98 Å². The minimum absolute atomic E-state index is 0.0714. The number of carbonyl (C=O) groups excluding carboxylic acids is 2. The van der Waals surface area contributed by atoms with Crippen molar-refractivity contribution in [3.05, 3.63) is 29.6 Å². The van der Waals surface area contributed by atoms with Gasteiger partial charge in [0.25, 0.3) is 5.91 Å². The Morgan fingerprint density at radius 2 is 1.67 bits per heavy atom. The summed E-state index contributed by atoms with van der Waals surface area (Å²) in [7, 11) is 0. The number of nitrogens with one attached hydrogen (secondary N) is 2. The summed E-state index contributed by atoms with van der Waals surface area (Å²) >= 11 is 0. The Hall–Kier alpha value is -1.91. The summed E-state index contributed by atoms with van der Waals surface area (Å²) in [6.07, 6.45) is 7.38. The van der Waals surface area contributed by atoms with E-state index in [1.165, 1.54) is 6.42 Å². The molecule has 6 rings (SSSR count). The lowest BCUT2D eigenvalue weighted by Gasteiger charge is -2.62. The Bertz CT molecular complexity index is 791. The quantitative estimate of drug-likeness (QED) is 0.859. The zero-order valence-corrected chi connectivity index (χ0v) is 16.3. The van der Waals surface area contributed by atoms with E-state index >= 15 is 0 Å². The van der Waals surface area contributed by atoms with Gasteiger partial charge in [-0.05, 0) is 81.8 Å². The number of hydrogen-bond donors (Lipinski definition) is 2. The first-order valence-corrected chi connectivity index (χ1v) is 10.4. The Morgan fingerprint density at radius 1 is 1.04 bits per heavy atom. The van der Waals surface area contributed by atoms with Crippen molar-refractivity contribution >= 4 is 11.8 Å². The first kappa shape index (κ1) is 17.2. The maximum atomic E-state index is 12.9. The topological polar surface area (TPSA) is 71.1 Å². The normalized spacial score (nSPS) is 41.3. The van der Waals surface area contributed by atoms with E-state index in [2.05, 4.69) is 22.5 Å². The second kappa shape index (κ2) is 5.79. The molecule has 2 N–H and O–H groups in total. The zero-order valence-electron chi connectivity index (χ0n) is 16.3. The number of rotatable bonds is 4. The molecule has 5 aliphatic carbocycles.